The van der Waals surface area contributed by atoms with Crippen molar-refractivity contribution >= 4 is 52.4 Å². The molecule has 9 nitrogen and oxygen atoms in total. The predicted octanol–water partition coefficient (Wildman–Crippen LogP) is 5.83. The summed E-state index contributed by atoms with van der Waals surface area (Å²) < 4.78 is 19.4. The van der Waals surface area contributed by atoms with Crippen molar-refractivity contribution < 1.29 is 38.2 Å². The highest BCUT2D eigenvalue weighted by Crippen LogP contribution is 2.64. The zero-order valence-corrected chi connectivity index (χ0v) is 26.5. The summed E-state index contributed by atoms with van der Waals surface area (Å²) in [6.07, 6.45) is 2.26. The zero-order valence-electron chi connectivity index (χ0n) is 25.7. The van der Waals surface area contributed by atoms with Gasteiger partial charge in [0.25, 0.3) is 0 Å². The van der Waals surface area contributed by atoms with Gasteiger partial charge in [-0.1, -0.05) is 29.3 Å². The second-order valence-corrected chi connectivity index (χ2v) is 13.2. The van der Waals surface area contributed by atoms with Crippen LogP contribution in [0.1, 0.15) is 48.5 Å². The van der Waals surface area contributed by atoms with E-state index in [4.69, 9.17) is 16.3 Å². The molecule has 0 bridgehead atoms. The zero-order chi connectivity index (χ0) is 33.5. The lowest BCUT2D eigenvalue weighted by Gasteiger charge is -2.49. The quantitative estimate of drug-likeness (QED) is 0.208. The third kappa shape index (κ3) is 4.37. The van der Waals surface area contributed by atoms with Crippen molar-refractivity contribution in [1.82, 2.24) is 0 Å². The van der Waals surface area contributed by atoms with Gasteiger partial charge in [-0.15, -0.1) is 0 Å². The summed E-state index contributed by atoms with van der Waals surface area (Å²) in [7, 11) is 1.42. The van der Waals surface area contributed by atoms with Crippen LogP contribution in [-0.4, -0.2) is 41.6 Å². The van der Waals surface area contributed by atoms with Crippen molar-refractivity contribution in [2.24, 2.45) is 29.1 Å². The van der Waals surface area contributed by atoms with Gasteiger partial charge in [-0.25, -0.2) is 9.29 Å². The molecule has 240 valence electrons. The van der Waals surface area contributed by atoms with Crippen LogP contribution >= 0.6 is 11.6 Å². The summed E-state index contributed by atoms with van der Waals surface area (Å²) in [5.41, 5.74) is 0.846. The molecule has 4 amide bonds. The van der Waals surface area contributed by atoms with Crippen molar-refractivity contribution in [3.8, 4) is 11.5 Å². The van der Waals surface area contributed by atoms with Gasteiger partial charge in [0.05, 0.1) is 46.7 Å². The molecule has 47 heavy (non-hydrogen) atoms. The number of phenols is 1. The van der Waals surface area contributed by atoms with Crippen LogP contribution in [0.4, 0.5) is 15.8 Å². The number of benzene rings is 3. The molecule has 0 spiro atoms. The van der Waals surface area contributed by atoms with Gasteiger partial charge in [0.15, 0.2) is 17.3 Å². The fourth-order valence-electron chi connectivity index (χ4n) is 8.25. The van der Waals surface area contributed by atoms with E-state index in [2.05, 4.69) is 0 Å². The lowest BCUT2D eigenvalue weighted by molar-refractivity contribution is -0.131. The summed E-state index contributed by atoms with van der Waals surface area (Å²) in [6.45, 7) is 3.14. The third-order valence-corrected chi connectivity index (χ3v) is 10.8. The number of rotatable bonds is 5. The van der Waals surface area contributed by atoms with E-state index in [0.717, 1.165) is 21.4 Å². The van der Waals surface area contributed by atoms with Crippen molar-refractivity contribution in [3.05, 3.63) is 94.3 Å². The largest absolute Gasteiger partial charge is 0.504 e. The Morgan fingerprint density at radius 2 is 1.64 bits per heavy atom. The molecule has 2 aliphatic carbocycles. The number of aromatic hydroxyl groups is 1. The number of methoxy groups -OCH3 is 1. The van der Waals surface area contributed by atoms with Gasteiger partial charge in [-0.3, -0.25) is 28.9 Å². The normalized spacial score (nSPS) is 28.2. The number of carbonyl (C=O) groups is 5. The second-order valence-electron chi connectivity index (χ2n) is 12.8. The number of halogens is 2. The van der Waals surface area contributed by atoms with Crippen molar-refractivity contribution in [3.63, 3.8) is 0 Å². The molecule has 2 saturated heterocycles. The lowest BCUT2D eigenvalue weighted by Crippen LogP contribution is -2.48. The van der Waals surface area contributed by atoms with E-state index < -0.39 is 58.5 Å². The first-order chi connectivity index (χ1) is 22.4. The Balaban J connectivity index is 1.35. The maximum absolute atomic E-state index is 14.5. The number of ether oxygens (including phenoxy) is 1. The van der Waals surface area contributed by atoms with Crippen LogP contribution < -0.4 is 14.5 Å². The van der Waals surface area contributed by atoms with Crippen LogP contribution in [0, 0.1) is 34.9 Å². The first kappa shape index (κ1) is 30.8. The highest BCUT2D eigenvalue weighted by atomic mass is 35.5. The molecular formula is C36H30ClFN2O7. The Labute approximate surface area is 274 Å². The number of carbonyl (C=O) groups excluding carboxylic acids is 5. The van der Waals surface area contributed by atoms with Crippen molar-refractivity contribution in [2.75, 3.05) is 16.9 Å². The molecule has 2 aliphatic heterocycles. The summed E-state index contributed by atoms with van der Waals surface area (Å²) >= 11 is 6.06. The highest BCUT2D eigenvalue weighted by Gasteiger charge is 2.67. The van der Waals surface area contributed by atoms with E-state index in [1.807, 2.05) is 6.08 Å². The number of Topliss-reactive ketones (excluding diaryl/α,β-unsaturated/α-hetero) is 1. The molecule has 0 aromatic heterocycles. The van der Waals surface area contributed by atoms with Gasteiger partial charge in [0, 0.05) is 11.5 Å². The molecule has 1 N–H and O–H groups in total. The fraction of sp³-hybridized carbons (Fsp3) is 0.306. The molecule has 3 fully saturated rings. The standard InChI is InChI=1S/C36H30ClFN2O7/c1-17(41)18-4-7-20(8-5-18)39-32(43)23-11-10-22-24(30(23)34(39)45)16-25-33(44)40(21-9-12-27(38)26(37)15-21)35(46)36(25,2)31(22)19-6-13-29(47-3)28(42)14-19/h4-10,12-15,23-25,30-31,42H,11,16H2,1-3H3. The maximum Gasteiger partial charge on any atom is 0.241 e. The topological polar surface area (TPSA) is 121 Å². The van der Waals surface area contributed by atoms with Crippen LogP contribution in [0.3, 0.4) is 0 Å². The average molecular weight is 657 g/mol. The predicted molar refractivity (Wildman–Crippen MR) is 170 cm³/mol. The monoisotopic (exact) mass is 656 g/mol. The fourth-order valence-corrected chi connectivity index (χ4v) is 8.43. The van der Waals surface area contributed by atoms with Gasteiger partial charge in [0.2, 0.25) is 23.6 Å². The number of anilines is 2. The first-order valence-electron chi connectivity index (χ1n) is 15.3. The molecule has 2 heterocycles. The number of hydrogen-bond donors (Lipinski definition) is 1. The van der Waals surface area contributed by atoms with E-state index >= 15 is 0 Å². The highest BCUT2D eigenvalue weighted by molar-refractivity contribution is 6.32. The SMILES string of the molecule is COc1ccc(C2C3=CCC4C(=O)N(c5ccc(C(C)=O)cc5)C(=O)C4C3CC3C(=O)N(c4ccc(F)c(Cl)c4)C(=O)C32C)cc1O. The number of phenolic OH excluding ortho intramolecular Hbond substituents is 1. The number of nitrogens with zero attached hydrogens (tertiary/aromatic N) is 2. The molecule has 6 atom stereocenters. The molecule has 3 aromatic rings. The summed E-state index contributed by atoms with van der Waals surface area (Å²) in [4.78, 5) is 70.8. The molecule has 7 rings (SSSR count). The number of allylic oxidation sites excluding steroid dienone is 2. The molecule has 1 saturated carbocycles. The van der Waals surface area contributed by atoms with Crippen LogP contribution in [-0.2, 0) is 19.2 Å². The average Bonchev–Trinajstić information content (AvgIpc) is 3.41. The number of ketones is 1. The van der Waals surface area contributed by atoms with Gasteiger partial charge >= 0.3 is 0 Å². The Bertz CT molecular complexity index is 1940. The Morgan fingerprint density at radius 3 is 2.28 bits per heavy atom. The molecular weight excluding hydrogens is 627 g/mol. The number of imide groups is 2. The summed E-state index contributed by atoms with van der Waals surface area (Å²) in [5, 5.41) is 10.6. The van der Waals surface area contributed by atoms with E-state index in [0.29, 0.717) is 16.8 Å². The third-order valence-electron chi connectivity index (χ3n) is 10.5. The second kappa shape index (κ2) is 10.9. The van der Waals surface area contributed by atoms with Crippen LogP contribution in [0.25, 0.3) is 0 Å². The van der Waals surface area contributed by atoms with Gasteiger partial charge in [-0.2, -0.15) is 0 Å². The minimum Gasteiger partial charge on any atom is -0.504 e. The van der Waals surface area contributed by atoms with Crippen LogP contribution in [0.5, 0.6) is 11.5 Å². The molecule has 6 unspecified atom stereocenters. The first-order valence-corrected chi connectivity index (χ1v) is 15.6. The molecule has 4 aliphatic rings. The van der Waals surface area contributed by atoms with E-state index in [1.54, 1.807) is 43.3 Å². The molecule has 11 heteroatoms. The number of fused-ring (bicyclic) bond motifs is 4. The van der Waals surface area contributed by atoms with Crippen molar-refractivity contribution in [2.45, 2.75) is 32.6 Å². The van der Waals surface area contributed by atoms with E-state index in [9.17, 15) is 33.5 Å². The number of hydrogen-bond acceptors (Lipinski definition) is 7. The lowest BCUT2D eigenvalue weighted by atomic mass is 9.51. The maximum atomic E-state index is 14.5. The Hall–Kier alpha value is -4.83. The minimum atomic E-state index is -1.36. The summed E-state index contributed by atoms with van der Waals surface area (Å²) in [6, 6.07) is 14.7. The minimum absolute atomic E-state index is 0.119. The summed E-state index contributed by atoms with van der Waals surface area (Å²) in [5.74, 6) is -6.32. The Kier molecular flexibility index (Phi) is 7.13. The van der Waals surface area contributed by atoms with E-state index in [-0.39, 0.29) is 46.7 Å². The molecule has 0 radical (unpaired) electrons. The van der Waals surface area contributed by atoms with Crippen LogP contribution in [0.2, 0.25) is 5.02 Å². The van der Waals surface area contributed by atoms with Crippen molar-refractivity contribution in [1.29, 1.82) is 0 Å². The Morgan fingerprint density at radius 1 is 0.936 bits per heavy atom. The molecule has 3 aromatic carbocycles. The van der Waals surface area contributed by atoms with Gasteiger partial charge in [0.1, 0.15) is 5.82 Å². The van der Waals surface area contributed by atoms with Crippen LogP contribution in [0.15, 0.2) is 72.3 Å². The van der Waals surface area contributed by atoms with Gasteiger partial charge < -0.3 is 9.84 Å². The van der Waals surface area contributed by atoms with E-state index in [1.165, 1.54) is 32.2 Å². The van der Waals surface area contributed by atoms with Gasteiger partial charge in [-0.05, 0) is 92.8 Å². The smallest absolute Gasteiger partial charge is 0.241 e. The number of amides is 4.